The molecule has 94 valence electrons. The number of ether oxygens (including phenoxy) is 1. The number of thioether (sulfide) groups is 1. The van der Waals surface area contributed by atoms with Crippen molar-refractivity contribution in [2.75, 3.05) is 7.11 Å². The van der Waals surface area contributed by atoms with Crippen molar-refractivity contribution in [1.29, 1.82) is 0 Å². The van der Waals surface area contributed by atoms with E-state index in [1.54, 1.807) is 18.0 Å². The highest BCUT2D eigenvalue weighted by atomic mass is 35.5. The van der Waals surface area contributed by atoms with Crippen LogP contribution in [-0.2, 0) is 10.5 Å². The Labute approximate surface area is 118 Å². The molecule has 0 N–H and O–H groups in total. The predicted octanol–water partition coefficient (Wildman–Crippen LogP) is 3.88. The van der Waals surface area contributed by atoms with E-state index in [9.17, 15) is 4.79 Å². The van der Waals surface area contributed by atoms with Gasteiger partial charge in [-0.2, -0.15) is 0 Å². The molecule has 0 amide bonds. The fourth-order valence-electron chi connectivity index (χ4n) is 1.27. The molecule has 0 spiro atoms. The third-order valence-corrected chi connectivity index (χ3v) is 4.50. The van der Waals surface area contributed by atoms with Crippen LogP contribution < -0.4 is 0 Å². The number of esters is 1. The van der Waals surface area contributed by atoms with Gasteiger partial charge in [0, 0.05) is 9.92 Å². The highest BCUT2D eigenvalue weighted by molar-refractivity contribution is 7.98. The maximum atomic E-state index is 11.3. The van der Waals surface area contributed by atoms with Gasteiger partial charge in [-0.1, -0.05) is 17.7 Å². The van der Waals surface area contributed by atoms with Crippen molar-refractivity contribution < 1.29 is 9.53 Å². The van der Waals surface area contributed by atoms with E-state index in [0.717, 1.165) is 14.9 Å². The first-order chi connectivity index (χ1) is 8.69. The number of hydrogen-bond donors (Lipinski definition) is 0. The lowest BCUT2D eigenvalue weighted by Gasteiger charge is -1.99. The molecule has 1 heterocycles. The number of nitrogens with zero attached hydrogens (tertiary/aromatic N) is 1. The molecular weight excluding hydrogens is 290 g/mol. The number of rotatable bonds is 4. The van der Waals surface area contributed by atoms with Crippen molar-refractivity contribution in [1.82, 2.24) is 4.98 Å². The number of thiazole rings is 1. The monoisotopic (exact) mass is 299 g/mol. The largest absolute Gasteiger partial charge is 0.465 e. The van der Waals surface area contributed by atoms with Gasteiger partial charge in [0.2, 0.25) is 0 Å². The Kier molecular flexibility index (Phi) is 4.63. The molecule has 0 saturated carbocycles. The molecule has 0 bridgehead atoms. The molecule has 0 aliphatic carbocycles. The Hall–Kier alpha value is -1.04. The second kappa shape index (κ2) is 6.22. The standard InChI is InChI=1S/C12H10ClNO2S2/c1-16-12(15)10-6-14-11(18-10)7-17-9-4-2-3-8(13)5-9/h2-6H,7H2,1H3. The van der Waals surface area contributed by atoms with Gasteiger partial charge in [0.1, 0.15) is 9.88 Å². The smallest absolute Gasteiger partial charge is 0.349 e. The first-order valence-corrected chi connectivity index (χ1v) is 7.28. The second-order valence-electron chi connectivity index (χ2n) is 3.36. The normalized spacial score (nSPS) is 10.3. The molecule has 1 aromatic carbocycles. The van der Waals surface area contributed by atoms with E-state index in [4.69, 9.17) is 11.6 Å². The van der Waals surface area contributed by atoms with Crippen LogP contribution in [0.25, 0.3) is 0 Å². The molecule has 0 atom stereocenters. The molecule has 0 aliphatic rings. The van der Waals surface area contributed by atoms with E-state index in [1.807, 2.05) is 24.3 Å². The van der Waals surface area contributed by atoms with Crippen LogP contribution in [0, 0.1) is 0 Å². The lowest BCUT2D eigenvalue weighted by molar-refractivity contribution is 0.0606. The minimum Gasteiger partial charge on any atom is -0.465 e. The third kappa shape index (κ3) is 3.48. The number of benzene rings is 1. The van der Waals surface area contributed by atoms with Crippen LogP contribution in [0.15, 0.2) is 35.4 Å². The van der Waals surface area contributed by atoms with Crippen molar-refractivity contribution in [2.24, 2.45) is 0 Å². The lowest BCUT2D eigenvalue weighted by Crippen LogP contribution is -1.96. The molecule has 0 aliphatic heterocycles. The van der Waals surface area contributed by atoms with Crippen LogP contribution in [0.2, 0.25) is 5.02 Å². The van der Waals surface area contributed by atoms with Crippen LogP contribution in [0.5, 0.6) is 0 Å². The first-order valence-electron chi connectivity index (χ1n) is 5.10. The van der Waals surface area contributed by atoms with Crippen molar-refractivity contribution in [2.45, 2.75) is 10.6 Å². The van der Waals surface area contributed by atoms with E-state index in [0.29, 0.717) is 10.6 Å². The molecule has 0 radical (unpaired) electrons. The van der Waals surface area contributed by atoms with E-state index in [1.165, 1.54) is 18.4 Å². The topological polar surface area (TPSA) is 39.2 Å². The molecule has 0 unspecified atom stereocenters. The van der Waals surface area contributed by atoms with Gasteiger partial charge in [-0.3, -0.25) is 0 Å². The number of carbonyl (C=O) groups is 1. The van der Waals surface area contributed by atoms with Crippen LogP contribution in [0.3, 0.4) is 0 Å². The number of carbonyl (C=O) groups excluding carboxylic acids is 1. The van der Waals surface area contributed by atoms with Crippen LogP contribution >= 0.6 is 34.7 Å². The SMILES string of the molecule is COC(=O)c1cnc(CSc2cccc(Cl)c2)s1. The summed E-state index contributed by atoms with van der Waals surface area (Å²) in [7, 11) is 1.36. The predicted molar refractivity (Wildman–Crippen MR) is 74.5 cm³/mol. The van der Waals surface area contributed by atoms with Crippen molar-refractivity contribution in [3.05, 3.63) is 45.4 Å². The van der Waals surface area contributed by atoms with Crippen molar-refractivity contribution >= 4 is 40.7 Å². The van der Waals surface area contributed by atoms with Crippen LogP contribution in [0.1, 0.15) is 14.7 Å². The van der Waals surface area contributed by atoms with Gasteiger partial charge in [-0.05, 0) is 18.2 Å². The Balaban J connectivity index is 1.98. The Morgan fingerprint density at radius 2 is 2.39 bits per heavy atom. The molecule has 3 nitrogen and oxygen atoms in total. The summed E-state index contributed by atoms with van der Waals surface area (Å²) in [5.41, 5.74) is 0. The highest BCUT2D eigenvalue weighted by Crippen LogP contribution is 2.27. The fourth-order valence-corrected chi connectivity index (χ4v) is 3.32. The molecule has 18 heavy (non-hydrogen) atoms. The minimum atomic E-state index is -0.341. The van der Waals surface area contributed by atoms with Gasteiger partial charge in [0.15, 0.2) is 0 Å². The molecular formula is C12H10ClNO2S2. The van der Waals surface area contributed by atoms with E-state index >= 15 is 0 Å². The van der Waals surface area contributed by atoms with Crippen molar-refractivity contribution in [3.63, 3.8) is 0 Å². The number of hydrogen-bond acceptors (Lipinski definition) is 5. The average molecular weight is 300 g/mol. The zero-order valence-corrected chi connectivity index (χ0v) is 11.9. The van der Waals surface area contributed by atoms with E-state index < -0.39 is 0 Å². The summed E-state index contributed by atoms with van der Waals surface area (Å²) < 4.78 is 4.64. The van der Waals surface area contributed by atoms with E-state index in [-0.39, 0.29) is 5.97 Å². The van der Waals surface area contributed by atoms with Gasteiger partial charge in [0.25, 0.3) is 0 Å². The summed E-state index contributed by atoms with van der Waals surface area (Å²) in [5.74, 6) is 0.369. The summed E-state index contributed by atoms with van der Waals surface area (Å²) in [4.78, 5) is 17.1. The number of methoxy groups -OCH3 is 1. The number of aromatic nitrogens is 1. The average Bonchev–Trinajstić information content (AvgIpc) is 2.84. The van der Waals surface area contributed by atoms with Gasteiger partial charge < -0.3 is 4.74 Å². The van der Waals surface area contributed by atoms with Crippen LogP contribution in [-0.4, -0.2) is 18.1 Å². The van der Waals surface area contributed by atoms with Gasteiger partial charge in [0.05, 0.1) is 19.1 Å². The Bertz CT molecular complexity index is 557. The fraction of sp³-hybridized carbons (Fsp3) is 0.167. The summed E-state index contributed by atoms with van der Waals surface area (Å²) in [6.07, 6.45) is 1.55. The lowest BCUT2D eigenvalue weighted by atomic mass is 10.4. The first kappa shape index (κ1) is 13.4. The van der Waals surface area contributed by atoms with Crippen molar-refractivity contribution in [3.8, 4) is 0 Å². The van der Waals surface area contributed by atoms with Gasteiger partial charge in [-0.15, -0.1) is 23.1 Å². The third-order valence-electron chi connectivity index (χ3n) is 2.10. The maximum Gasteiger partial charge on any atom is 0.349 e. The molecule has 2 rings (SSSR count). The zero-order valence-electron chi connectivity index (χ0n) is 9.55. The summed E-state index contributed by atoms with van der Waals surface area (Å²) in [6.45, 7) is 0. The minimum absolute atomic E-state index is 0.341. The maximum absolute atomic E-state index is 11.3. The quantitative estimate of drug-likeness (QED) is 0.634. The summed E-state index contributed by atoms with van der Waals surface area (Å²) in [6, 6.07) is 7.64. The van der Waals surface area contributed by atoms with E-state index in [2.05, 4.69) is 9.72 Å². The molecule has 2 aromatic rings. The van der Waals surface area contributed by atoms with Crippen LogP contribution in [0.4, 0.5) is 0 Å². The molecule has 0 fully saturated rings. The molecule has 0 saturated heterocycles. The summed E-state index contributed by atoms with van der Waals surface area (Å²) >= 11 is 8.88. The Morgan fingerprint density at radius 3 is 3.11 bits per heavy atom. The molecule has 1 aromatic heterocycles. The summed E-state index contributed by atoms with van der Waals surface area (Å²) in [5, 5.41) is 1.61. The Morgan fingerprint density at radius 1 is 1.56 bits per heavy atom. The number of halogens is 1. The van der Waals surface area contributed by atoms with Gasteiger partial charge in [-0.25, -0.2) is 9.78 Å². The molecule has 6 heteroatoms. The highest BCUT2D eigenvalue weighted by Gasteiger charge is 2.10. The second-order valence-corrected chi connectivity index (χ2v) is 5.96. The zero-order chi connectivity index (χ0) is 13.0. The van der Waals surface area contributed by atoms with Gasteiger partial charge >= 0.3 is 5.97 Å².